The molecule has 3 atom stereocenters. The molecule has 0 amide bonds. The summed E-state index contributed by atoms with van der Waals surface area (Å²) >= 11 is 0. The molecule has 0 saturated heterocycles. The summed E-state index contributed by atoms with van der Waals surface area (Å²) in [4.78, 5) is 2.34. The van der Waals surface area contributed by atoms with Crippen LogP contribution in [0.3, 0.4) is 0 Å². The fourth-order valence-corrected chi connectivity index (χ4v) is 1.76. The maximum atomic E-state index is 5.90. The summed E-state index contributed by atoms with van der Waals surface area (Å²) in [5.74, 6) is 0.616. The summed E-state index contributed by atoms with van der Waals surface area (Å²) in [6.45, 7) is 11.6. The van der Waals surface area contributed by atoms with Gasteiger partial charge in [0.25, 0.3) is 0 Å². The lowest BCUT2D eigenvalue weighted by Crippen LogP contribution is -2.60. The zero-order chi connectivity index (χ0) is 12.2. The monoisotopic (exact) mass is 216 g/mol. The Hall–Kier alpha value is -0.120. The Balaban J connectivity index is 4.79. The first-order valence-electron chi connectivity index (χ1n) is 5.77. The molecular formula is C12H28N2O. The van der Waals surface area contributed by atoms with Gasteiger partial charge in [0, 0.05) is 19.7 Å². The lowest BCUT2D eigenvalue weighted by Gasteiger charge is -2.46. The van der Waals surface area contributed by atoms with Crippen LogP contribution < -0.4 is 5.73 Å². The predicted molar refractivity (Wildman–Crippen MR) is 66.0 cm³/mol. The second kappa shape index (κ2) is 5.83. The van der Waals surface area contributed by atoms with Crippen molar-refractivity contribution in [2.45, 2.75) is 52.3 Å². The van der Waals surface area contributed by atoms with Crippen LogP contribution >= 0.6 is 0 Å². The Morgan fingerprint density at radius 2 is 1.73 bits per heavy atom. The van der Waals surface area contributed by atoms with E-state index in [0.29, 0.717) is 18.5 Å². The summed E-state index contributed by atoms with van der Waals surface area (Å²) in [6, 6.07) is 0.496. The molecule has 92 valence electrons. The first kappa shape index (κ1) is 14.9. The normalized spacial score (nSPS) is 20.4. The van der Waals surface area contributed by atoms with Crippen molar-refractivity contribution < 1.29 is 4.74 Å². The van der Waals surface area contributed by atoms with Gasteiger partial charge in [0.2, 0.25) is 0 Å². The number of methoxy groups -OCH3 is 1. The van der Waals surface area contributed by atoms with Crippen molar-refractivity contribution in [3.8, 4) is 0 Å². The fourth-order valence-electron chi connectivity index (χ4n) is 1.76. The van der Waals surface area contributed by atoms with Gasteiger partial charge in [-0.05, 0) is 33.7 Å². The SMILES string of the molecule is COC(C)C(C)(CN)N(C)C(C)C(C)C. The Morgan fingerprint density at radius 3 is 2.00 bits per heavy atom. The maximum Gasteiger partial charge on any atom is 0.0736 e. The van der Waals surface area contributed by atoms with Crippen molar-refractivity contribution >= 4 is 0 Å². The topological polar surface area (TPSA) is 38.5 Å². The predicted octanol–water partition coefficient (Wildman–Crippen LogP) is 1.72. The smallest absolute Gasteiger partial charge is 0.0736 e. The van der Waals surface area contributed by atoms with Crippen LogP contribution in [0.2, 0.25) is 0 Å². The number of nitrogens with two attached hydrogens (primary N) is 1. The molecule has 15 heavy (non-hydrogen) atoms. The molecule has 3 nitrogen and oxygen atoms in total. The number of nitrogens with zero attached hydrogens (tertiary/aromatic N) is 1. The Bertz CT molecular complexity index is 184. The number of likely N-dealkylation sites (N-methyl/N-ethyl adjacent to an activating group) is 1. The van der Waals surface area contributed by atoms with Gasteiger partial charge >= 0.3 is 0 Å². The lowest BCUT2D eigenvalue weighted by atomic mass is 9.90. The fraction of sp³-hybridized carbons (Fsp3) is 1.00. The molecular weight excluding hydrogens is 188 g/mol. The molecule has 0 radical (unpaired) electrons. The average Bonchev–Trinajstić information content (AvgIpc) is 2.24. The minimum atomic E-state index is -0.0988. The second-order valence-electron chi connectivity index (χ2n) is 5.03. The molecule has 0 aliphatic rings. The van der Waals surface area contributed by atoms with E-state index in [4.69, 9.17) is 10.5 Å². The summed E-state index contributed by atoms with van der Waals surface area (Å²) in [7, 11) is 3.87. The van der Waals surface area contributed by atoms with Crippen molar-refractivity contribution in [2.24, 2.45) is 11.7 Å². The van der Waals surface area contributed by atoms with E-state index in [-0.39, 0.29) is 11.6 Å². The first-order valence-corrected chi connectivity index (χ1v) is 5.77. The number of ether oxygens (including phenoxy) is 1. The number of rotatable bonds is 6. The average molecular weight is 216 g/mol. The number of hydrogen-bond donors (Lipinski definition) is 1. The maximum absolute atomic E-state index is 5.90. The largest absolute Gasteiger partial charge is 0.380 e. The van der Waals surface area contributed by atoms with Crippen molar-refractivity contribution in [2.75, 3.05) is 20.7 Å². The molecule has 0 aliphatic carbocycles. The second-order valence-corrected chi connectivity index (χ2v) is 5.03. The van der Waals surface area contributed by atoms with Crippen LogP contribution in [0.15, 0.2) is 0 Å². The van der Waals surface area contributed by atoms with Crippen LogP contribution in [0.1, 0.15) is 34.6 Å². The van der Waals surface area contributed by atoms with Crippen LogP contribution in [0, 0.1) is 5.92 Å². The summed E-state index contributed by atoms with van der Waals surface area (Å²) in [5, 5.41) is 0. The van der Waals surface area contributed by atoms with Crippen molar-refractivity contribution in [3.63, 3.8) is 0 Å². The Morgan fingerprint density at radius 1 is 1.27 bits per heavy atom. The van der Waals surface area contributed by atoms with Gasteiger partial charge in [-0.25, -0.2) is 0 Å². The van der Waals surface area contributed by atoms with Gasteiger partial charge in [-0.2, -0.15) is 0 Å². The van der Waals surface area contributed by atoms with Crippen molar-refractivity contribution in [1.29, 1.82) is 0 Å². The third-order valence-corrected chi connectivity index (χ3v) is 4.02. The quantitative estimate of drug-likeness (QED) is 0.734. The van der Waals surface area contributed by atoms with E-state index in [1.54, 1.807) is 7.11 Å². The molecule has 0 aromatic carbocycles. The van der Waals surface area contributed by atoms with Crippen molar-refractivity contribution in [1.82, 2.24) is 4.90 Å². The zero-order valence-corrected chi connectivity index (χ0v) is 11.4. The van der Waals surface area contributed by atoms with E-state index < -0.39 is 0 Å². The van der Waals surface area contributed by atoms with E-state index in [1.807, 2.05) is 0 Å². The molecule has 0 aromatic rings. The molecule has 0 aliphatic heterocycles. The van der Waals surface area contributed by atoms with Gasteiger partial charge in [0.05, 0.1) is 11.6 Å². The first-order chi connectivity index (χ1) is 6.81. The van der Waals surface area contributed by atoms with E-state index >= 15 is 0 Å². The highest BCUT2D eigenvalue weighted by Gasteiger charge is 2.37. The standard InChI is InChI=1S/C12H28N2O/c1-9(2)10(3)14(6)12(5,8-13)11(4)15-7/h9-11H,8,13H2,1-7H3. The summed E-state index contributed by atoms with van der Waals surface area (Å²) < 4.78 is 5.44. The summed E-state index contributed by atoms with van der Waals surface area (Å²) in [5.41, 5.74) is 5.80. The van der Waals surface area contributed by atoms with Gasteiger partial charge in [-0.1, -0.05) is 13.8 Å². The highest BCUT2D eigenvalue weighted by atomic mass is 16.5. The van der Waals surface area contributed by atoms with E-state index in [9.17, 15) is 0 Å². The minimum Gasteiger partial charge on any atom is -0.380 e. The molecule has 0 spiro atoms. The zero-order valence-electron chi connectivity index (χ0n) is 11.4. The molecule has 2 N–H and O–H groups in total. The van der Waals surface area contributed by atoms with Crippen molar-refractivity contribution in [3.05, 3.63) is 0 Å². The van der Waals surface area contributed by atoms with Crippen LogP contribution in [0.25, 0.3) is 0 Å². The number of hydrogen-bond acceptors (Lipinski definition) is 3. The lowest BCUT2D eigenvalue weighted by molar-refractivity contribution is -0.0420. The Labute approximate surface area is 95.0 Å². The van der Waals surface area contributed by atoms with Gasteiger partial charge in [-0.15, -0.1) is 0 Å². The Kier molecular flexibility index (Phi) is 5.78. The highest BCUT2D eigenvalue weighted by molar-refractivity contribution is 4.94. The molecule has 0 saturated carbocycles. The van der Waals surface area contributed by atoms with Gasteiger partial charge < -0.3 is 10.5 Å². The molecule has 0 bridgehead atoms. The molecule has 3 unspecified atom stereocenters. The molecule has 0 heterocycles. The summed E-state index contributed by atoms with van der Waals surface area (Å²) in [6.07, 6.45) is 0.133. The van der Waals surface area contributed by atoms with E-state index in [2.05, 4.69) is 46.6 Å². The third-order valence-electron chi connectivity index (χ3n) is 4.02. The van der Waals surface area contributed by atoms with E-state index in [0.717, 1.165) is 0 Å². The van der Waals surface area contributed by atoms with Crippen LogP contribution in [0.4, 0.5) is 0 Å². The molecule has 3 heteroatoms. The van der Waals surface area contributed by atoms with Crippen LogP contribution in [0.5, 0.6) is 0 Å². The van der Waals surface area contributed by atoms with Gasteiger partial charge in [-0.3, -0.25) is 4.90 Å². The minimum absolute atomic E-state index is 0.0988. The van der Waals surface area contributed by atoms with Gasteiger partial charge in [0.1, 0.15) is 0 Å². The molecule has 0 aromatic heterocycles. The molecule has 0 fully saturated rings. The highest BCUT2D eigenvalue weighted by Crippen LogP contribution is 2.24. The van der Waals surface area contributed by atoms with Gasteiger partial charge in [0.15, 0.2) is 0 Å². The third kappa shape index (κ3) is 3.16. The van der Waals surface area contributed by atoms with Crippen LogP contribution in [-0.2, 0) is 4.74 Å². The molecule has 0 rings (SSSR count). The van der Waals surface area contributed by atoms with Crippen LogP contribution in [-0.4, -0.2) is 43.3 Å². The van der Waals surface area contributed by atoms with E-state index in [1.165, 1.54) is 0 Å².